The predicted molar refractivity (Wildman–Crippen MR) is 81.5 cm³/mol. The minimum Gasteiger partial charge on any atom is -0.309 e. The van der Waals surface area contributed by atoms with E-state index in [4.69, 9.17) is 0 Å². The molecule has 20 heavy (non-hydrogen) atoms. The topological polar surface area (TPSA) is 33.1 Å². The molecule has 1 aromatic heterocycles. The molecule has 4 heteroatoms. The molecule has 2 atom stereocenters. The highest BCUT2D eigenvalue weighted by Gasteiger charge is 2.41. The Morgan fingerprint density at radius 3 is 2.80 bits per heavy atom. The van der Waals surface area contributed by atoms with Crippen molar-refractivity contribution in [3.05, 3.63) is 18.0 Å². The van der Waals surface area contributed by atoms with Crippen molar-refractivity contribution in [3.8, 4) is 0 Å². The van der Waals surface area contributed by atoms with E-state index >= 15 is 0 Å². The van der Waals surface area contributed by atoms with Gasteiger partial charge in [-0.2, -0.15) is 5.10 Å². The largest absolute Gasteiger partial charge is 0.309 e. The van der Waals surface area contributed by atoms with Crippen molar-refractivity contribution in [1.29, 1.82) is 0 Å². The number of nitrogens with one attached hydrogen (secondary N) is 1. The van der Waals surface area contributed by atoms with Crippen LogP contribution in [-0.2, 0) is 13.1 Å². The summed E-state index contributed by atoms with van der Waals surface area (Å²) in [6.45, 7) is 11.1. The monoisotopic (exact) mass is 276 g/mol. The van der Waals surface area contributed by atoms with E-state index in [1.54, 1.807) is 0 Å². The quantitative estimate of drug-likeness (QED) is 0.895. The van der Waals surface area contributed by atoms with Gasteiger partial charge in [-0.25, -0.2) is 0 Å². The lowest BCUT2D eigenvalue weighted by Crippen LogP contribution is -2.62. The number of hydrogen-bond acceptors (Lipinski definition) is 3. The van der Waals surface area contributed by atoms with Gasteiger partial charge in [-0.15, -0.1) is 0 Å². The lowest BCUT2D eigenvalue weighted by atomic mass is 9.92. The van der Waals surface area contributed by atoms with Crippen molar-refractivity contribution < 1.29 is 0 Å². The average molecular weight is 276 g/mol. The van der Waals surface area contributed by atoms with Crippen molar-refractivity contribution in [2.45, 2.75) is 64.7 Å². The van der Waals surface area contributed by atoms with E-state index in [1.807, 2.05) is 10.9 Å². The molecule has 1 saturated carbocycles. The second kappa shape index (κ2) is 5.49. The first-order valence-corrected chi connectivity index (χ1v) is 8.14. The summed E-state index contributed by atoms with van der Waals surface area (Å²) < 4.78 is 2.03. The van der Waals surface area contributed by atoms with Crippen LogP contribution < -0.4 is 5.32 Å². The highest BCUT2D eigenvalue weighted by Crippen LogP contribution is 2.38. The number of aryl methyl sites for hydroxylation is 1. The van der Waals surface area contributed by atoms with Gasteiger partial charge in [-0.05, 0) is 39.0 Å². The van der Waals surface area contributed by atoms with Crippen LogP contribution >= 0.6 is 0 Å². The molecule has 0 aromatic carbocycles. The maximum Gasteiger partial charge on any atom is 0.0534 e. The average Bonchev–Trinajstić information content (AvgIpc) is 3.19. The van der Waals surface area contributed by atoms with Crippen LogP contribution in [0.3, 0.4) is 0 Å². The number of aromatic nitrogens is 2. The fourth-order valence-corrected chi connectivity index (χ4v) is 3.35. The van der Waals surface area contributed by atoms with Crippen molar-refractivity contribution in [1.82, 2.24) is 20.0 Å². The molecule has 1 saturated heterocycles. The SMILES string of the molecule is CCn1cc(CN2CC(C)(CC)NCC2C2CC2)cn1. The Bertz CT molecular complexity index is 451. The van der Waals surface area contributed by atoms with Crippen LogP contribution in [0.15, 0.2) is 12.4 Å². The number of rotatable bonds is 5. The molecule has 0 amide bonds. The highest BCUT2D eigenvalue weighted by molar-refractivity contribution is 5.07. The molecule has 4 nitrogen and oxygen atoms in total. The molecular weight excluding hydrogens is 248 g/mol. The smallest absolute Gasteiger partial charge is 0.0534 e. The van der Waals surface area contributed by atoms with Crippen LogP contribution in [0.25, 0.3) is 0 Å². The van der Waals surface area contributed by atoms with E-state index in [-0.39, 0.29) is 5.54 Å². The lowest BCUT2D eigenvalue weighted by molar-refractivity contribution is 0.0662. The normalized spacial score (nSPS) is 31.6. The Morgan fingerprint density at radius 2 is 2.20 bits per heavy atom. The fourth-order valence-electron chi connectivity index (χ4n) is 3.35. The van der Waals surface area contributed by atoms with Crippen LogP contribution in [-0.4, -0.2) is 39.4 Å². The van der Waals surface area contributed by atoms with Gasteiger partial charge in [-0.1, -0.05) is 6.92 Å². The van der Waals surface area contributed by atoms with E-state index in [2.05, 4.69) is 42.3 Å². The second-order valence-electron chi connectivity index (χ2n) is 6.81. The zero-order valence-corrected chi connectivity index (χ0v) is 13.1. The molecule has 2 fully saturated rings. The molecule has 0 bridgehead atoms. The van der Waals surface area contributed by atoms with Gasteiger partial charge in [0.2, 0.25) is 0 Å². The molecule has 1 aliphatic carbocycles. The van der Waals surface area contributed by atoms with Crippen LogP contribution in [0.5, 0.6) is 0 Å². The Labute approximate surface area is 122 Å². The maximum atomic E-state index is 4.42. The van der Waals surface area contributed by atoms with Gasteiger partial charge in [0, 0.05) is 49.5 Å². The first-order valence-electron chi connectivity index (χ1n) is 8.14. The first-order chi connectivity index (χ1) is 9.63. The van der Waals surface area contributed by atoms with Gasteiger partial charge in [-0.3, -0.25) is 9.58 Å². The highest BCUT2D eigenvalue weighted by atomic mass is 15.3. The zero-order chi connectivity index (χ0) is 14.2. The number of nitrogens with zero attached hydrogens (tertiary/aromatic N) is 3. The molecule has 112 valence electrons. The summed E-state index contributed by atoms with van der Waals surface area (Å²) in [5.41, 5.74) is 1.63. The van der Waals surface area contributed by atoms with E-state index < -0.39 is 0 Å². The molecule has 3 rings (SSSR count). The molecule has 0 spiro atoms. The summed E-state index contributed by atoms with van der Waals surface area (Å²) in [4.78, 5) is 2.70. The molecule has 2 heterocycles. The van der Waals surface area contributed by atoms with Gasteiger partial charge < -0.3 is 5.32 Å². The van der Waals surface area contributed by atoms with Crippen molar-refractivity contribution in [2.24, 2.45) is 5.92 Å². The van der Waals surface area contributed by atoms with Gasteiger partial charge >= 0.3 is 0 Å². The summed E-state index contributed by atoms with van der Waals surface area (Å²) in [7, 11) is 0. The molecular formula is C16H28N4. The predicted octanol–water partition coefficient (Wildman–Crippen LogP) is 2.26. The third-order valence-electron chi connectivity index (χ3n) is 5.10. The van der Waals surface area contributed by atoms with Crippen LogP contribution in [0, 0.1) is 5.92 Å². The van der Waals surface area contributed by atoms with E-state index in [0.717, 1.165) is 38.1 Å². The van der Waals surface area contributed by atoms with Gasteiger partial charge in [0.15, 0.2) is 0 Å². The second-order valence-corrected chi connectivity index (χ2v) is 6.81. The Morgan fingerprint density at radius 1 is 1.40 bits per heavy atom. The minimum atomic E-state index is 0.270. The zero-order valence-electron chi connectivity index (χ0n) is 13.1. The third kappa shape index (κ3) is 2.91. The summed E-state index contributed by atoms with van der Waals surface area (Å²) in [6, 6.07) is 0.722. The molecule has 2 unspecified atom stereocenters. The van der Waals surface area contributed by atoms with Crippen molar-refractivity contribution >= 4 is 0 Å². The molecule has 1 N–H and O–H groups in total. The Kier molecular flexibility index (Phi) is 3.87. The van der Waals surface area contributed by atoms with Crippen LogP contribution in [0.4, 0.5) is 0 Å². The lowest BCUT2D eigenvalue weighted by Gasteiger charge is -2.46. The van der Waals surface area contributed by atoms with Crippen molar-refractivity contribution in [3.63, 3.8) is 0 Å². The summed E-state index contributed by atoms with van der Waals surface area (Å²) in [5.74, 6) is 0.921. The van der Waals surface area contributed by atoms with Crippen LogP contribution in [0.2, 0.25) is 0 Å². The van der Waals surface area contributed by atoms with E-state index in [9.17, 15) is 0 Å². The molecule has 2 aliphatic rings. The molecule has 1 aliphatic heterocycles. The van der Waals surface area contributed by atoms with Crippen molar-refractivity contribution in [2.75, 3.05) is 13.1 Å². The third-order valence-corrected chi connectivity index (χ3v) is 5.10. The number of hydrogen-bond donors (Lipinski definition) is 1. The molecule has 1 aromatic rings. The first kappa shape index (κ1) is 14.1. The summed E-state index contributed by atoms with van der Waals surface area (Å²) in [5, 5.41) is 8.20. The van der Waals surface area contributed by atoms with Gasteiger partial charge in [0.1, 0.15) is 0 Å². The molecule has 0 radical (unpaired) electrons. The maximum absolute atomic E-state index is 4.42. The van der Waals surface area contributed by atoms with Gasteiger partial charge in [0.05, 0.1) is 6.20 Å². The fraction of sp³-hybridized carbons (Fsp3) is 0.812. The van der Waals surface area contributed by atoms with Gasteiger partial charge in [0.25, 0.3) is 0 Å². The Hall–Kier alpha value is -0.870. The van der Waals surface area contributed by atoms with E-state index in [0.29, 0.717) is 0 Å². The van der Waals surface area contributed by atoms with E-state index in [1.165, 1.54) is 24.8 Å². The van der Waals surface area contributed by atoms with Crippen LogP contribution in [0.1, 0.15) is 45.6 Å². The summed E-state index contributed by atoms with van der Waals surface area (Å²) in [6.07, 6.45) is 8.27. The minimum absolute atomic E-state index is 0.270. The number of piperazine rings is 1. The standard InChI is InChI=1S/C16H28N4/c1-4-16(3)12-19(15(9-17-16)14-6-7-14)10-13-8-18-20(5-2)11-13/h8,11,14-15,17H,4-7,9-10,12H2,1-3H3. The Balaban J connectivity index is 1.71. The summed E-state index contributed by atoms with van der Waals surface area (Å²) >= 11 is 0.